The number of carbonyl (C=O) groups excluding carboxylic acids is 2. The Labute approximate surface area is 141 Å². The van der Waals surface area contributed by atoms with Crippen LogP contribution in [0.3, 0.4) is 0 Å². The van der Waals surface area contributed by atoms with Crippen molar-refractivity contribution in [3.8, 4) is 11.5 Å². The van der Waals surface area contributed by atoms with Crippen LogP contribution in [-0.4, -0.2) is 32.6 Å². The van der Waals surface area contributed by atoms with Crippen molar-refractivity contribution in [2.45, 2.75) is 32.1 Å². The molecular formula is C17H25N3O4. The van der Waals surface area contributed by atoms with Gasteiger partial charge in [-0.1, -0.05) is 19.3 Å². The van der Waals surface area contributed by atoms with E-state index in [0.29, 0.717) is 22.9 Å². The summed E-state index contributed by atoms with van der Waals surface area (Å²) < 4.78 is 10.5. The number of benzene rings is 1. The third-order valence-electron chi connectivity index (χ3n) is 4.22. The van der Waals surface area contributed by atoms with Crippen LogP contribution in [0.1, 0.15) is 32.1 Å². The SMILES string of the molecule is COc1cc(NC(=O)CN)c(NC(=O)C2CCCCC2)cc1OC. The smallest absolute Gasteiger partial charge is 0.238 e. The highest BCUT2D eigenvalue weighted by molar-refractivity contribution is 6.01. The highest BCUT2D eigenvalue weighted by Crippen LogP contribution is 2.37. The van der Waals surface area contributed by atoms with E-state index in [9.17, 15) is 9.59 Å². The average Bonchev–Trinajstić information content (AvgIpc) is 2.63. The Hall–Kier alpha value is -2.28. The summed E-state index contributed by atoms with van der Waals surface area (Å²) in [5.41, 5.74) is 6.27. The third kappa shape index (κ3) is 4.38. The fraction of sp³-hybridized carbons (Fsp3) is 0.529. The van der Waals surface area contributed by atoms with Crippen LogP contribution in [0.15, 0.2) is 12.1 Å². The second-order valence-electron chi connectivity index (χ2n) is 5.83. The zero-order chi connectivity index (χ0) is 17.5. The molecule has 24 heavy (non-hydrogen) atoms. The van der Waals surface area contributed by atoms with Crippen molar-refractivity contribution in [1.29, 1.82) is 0 Å². The van der Waals surface area contributed by atoms with E-state index in [2.05, 4.69) is 10.6 Å². The lowest BCUT2D eigenvalue weighted by atomic mass is 9.88. The first-order chi connectivity index (χ1) is 11.6. The Kier molecular flexibility index (Phi) is 6.43. The summed E-state index contributed by atoms with van der Waals surface area (Å²) in [7, 11) is 3.02. The molecule has 0 bridgehead atoms. The van der Waals surface area contributed by atoms with Crippen LogP contribution >= 0.6 is 0 Å². The molecule has 1 aliphatic carbocycles. The number of methoxy groups -OCH3 is 2. The lowest BCUT2D eigenvalue weighted by Crippen LogP contribution is -2.26. The van der Waals surface area contributed by atoms with Crippen molar-refractivity contribution in [1.82, 2.24) is 0 Å². The van der Waals surface area contributed by atoms with Crippen LogP contribution in [0.2, 0.25) is 0 Å². The largest absolute Gasteiger partial charge is 0.493 e. The molecule has 0 saturated heterocycles. The number of nitrogens with two attached hydrogens (primary N) is 1. The summed E-state index contributed by atoms with van der Waals surface area (Å²) >= 11 is 0. The van der Waals surface area contributed by atoms with E-state index in [4.69, 9.17) is 15.2 Å². The van der Waals surface area contributed by atoms with E-state index in [1.54, 1.807) is 12.1 Å². The van der Waals surface area contributed by atoms with Gasteiger partial charge in [0.15, 0.2) is 11.5 Å². The Balaban J connectivity index is 2.27. The van der Waals surface area contributed by atoms with Gasteiger partial charge in [-0.2, -0.15) is 0 Å². The average molecular weight is 335 g/mol. The van der Waals surface area contributed by atoms with Gasteiger partial charge in [0, 0.05) is 18.1 Å². The molecule has 2 rings (SSSR count). The molecule has 1 aliphatic rings. The maximum Gasteiger partial charge on any atom is 0.238 e. The first-order valence-corrected chi connectivity index (χ1v) is 8.15. The summed E-state index contributed by atoms with van der Waals surface area (Å²) in [4.78, 5) is 24.2. The zero-order valence-electron chi connectivity index (χ0n) is 14.2. The van der Waals surface area contributed by atoms with E-state index >= 15 is 0 Å². The molecule has 0 spiro atoms. The number of nitrogens with one attached hydrogen (secondary N) is 2. The van der Waals surface area contributed by atoms with Crippen molar-refractivity contribution in [3.63, 3.8) is 0 Å². The number of hydrogen-bond donors (Lipinski definition) is 3. The molecule has 0 unspecified atom stereocenters. The quantitative estimate of drug-likeness (QED) is 0.739. The molecule has 1 fully saturated rings. The molecule has 0 atom stereocenters. The number of rotatable bonds is 6. The highest BCUT2D eigenvalue weighted by Gasteiger charge is 2.23. The fourth-order valence-electron chi connectivity index (χ4n) is 2.89. The van der Waals surface area contributed by atoms with Crippen LogP contribution in [0.4, 0.5) is 11.4 Å². The summed E-state index contributed by atoms with van der Waals surface area (Å²) in [6, 6.07) is 3.26. The van der Waals surface area contributed by atoms with Crippen molar-refractivity contribution in [2.75, 3.05) is 31.4 Å². The molecule has 2 amide bonds. The minimum absolute atomic E-state index is 0.00454. The molecule has 7 heteroatoms. The molecule has 1 aromatic rings. The van der Waals surface area contributed by atoms with E-state index in [1.165, 1.54) is 20.6 Å². The number of ether oxygens (including phenoxy) is 2. The molecule has 4 N–H and O–H groups in total. The number of carbonyl (C=O) groups is 2. The molecule has 1 saturated carbocycles. The number of anilines is 2. The van der Waals surface area contributed by atoms with Crippen molar-refractivity contribution >= 4 is 23.2 Å². The van der Waals surface area contributed by atoms with Gasteiger partial charge in [-0.3, -0.25) is 9.59 Å². The van der Waals surface area contributed by atoms with Gasteiger partial charge in [0.2, 0.25) is 11.8 Å². The zero-order valence-corrected chi connectivity index (χ0v) is 14.2. The molecule has 0 aliphatic heterocycles. The number of hydrogen-bond acceptors (Lipinski definition) is 5. The molecule has 0 radical (unpaired) electrons. The minimum atomic E-state index is -0.351. The number of amides is 2. The van der Waals surface area contributed by atoms with Crippen LogP contribution in [0.5, 0.6) is 11.5 Å². The van der Waals surface area contributed by atoms with Gasteiger partial charge in [0.1, 0.15) is 0 Å². The summed E-state index contributed by atoms with van der Waals surface area (Å²) in [6.45, 7) is -0.148. The first-order valence-electron chi connectivity index (χ1n) is 8.15. The van der Waals surface area contributed by atoms with Gasteiger partial charge in [0.25, 0.3) is 0 Å². The summed E-state index contributed by atoms with van der Waals surface area (Å²) in [6.07, 6.45) is 5.10. The van der Waals surface area contributed by atoms with Gasteiger partial charge >= 0.3 is 0 Å². The lowest BCUT2D eigenvalue weighted by molar-refractivity contribution is -0.120. The molecule has 132 valence electrons. The predicted molar refractivity (Wildman–Crippen MR) is 92.4 cm³/mol. The topological polar surface area (TPSA) is 103 Å². The Bertz CT molecular complexity index is 598. The van der Waals surface area contributed by atoms with Gasteiger partial charge in [-0.05, 0) is 12.8 Å². The molecule has 0 aromatic heterocycles. The predicted octanol–water partition coefficient (Wildman–Crippen LogP) is 2.12. The van der Waals surface area contributed by atoms with E-state index in [-0.39, 0.29) is 24.3 Å². The van der Waals surface area contributed by atoms with Gasteiger partial charge in [-0.15, -0.1) is 0 Å². The lowest BCUT2D eigenvalue weighted by Gasteiger charge is -2.22. The maximum absolute atomic E-state index is 12.5. The second-order valence-corrected chi connectivity index (χ2v) is 5.83. The molecule has 0 heterocycles. The highest BCUT2D eigenvalue weighted by atomic mass is 16.5. The maximum atomic E-state index is 12.5. The van der Waals surface area contributed by atoms with E-state index in [0.717, 1.165) is 25.7 Å². The monoisotopic (exact) mass is 335 g/mol. The van der Waals surface area contributed by atoms with Gasteiger partial charge in [-0.25, -0.2) is 0 Å². The Morgan fingerprint density at radius 3 is 2.08 bits per heavy atom. The van der Waals surface area contributed by atoms with E-state index in [1.807, 2.05) is 0 Å². The van der Waals surface area contributed by atoms with Gasteiger partial charge < -0.3 is 25.8 Å². The van der Waals surface area contributed by atoms with Crippen LogP contribution in [0.25, 0.3) is 0 Å². The third-order valence-corrected chi connectivity index (χ3v) is 4.22. The van der Waals surface area contributed by atoms with E-state index < -0.39 is 0 Å². The summed E-state index contributed by atoms with van der Waals surface area (Å²) in [5, 5.41) is 5.59. The molecule has 7 nitrogen and oxygen atoms in total. The van der Waals surface area contributed by atoms with Crippen molar-refractivity contribution in [3.05, 3.63) is 12.1 Å². The normalized spacial score (nSPS) is 14.8. The standard InChI is InChI=1S/C17H25N3O4/c1-23-14-8-12(19-16(21)10-18)13(9-15(14)24-2)20-17(22)11-6-4-3-5-7-11/h8-9,11H,3-7,10,18H2,1-2H3,(H,19,21)(H,20,22). The summed E-state index contributed by atoms with van der Waals surface area (Å²) in [5.74, 6) is 0.549. The Morgan fingerprint density at radius 1 is 1.04 bits per heavy atom. The van der Waals surface area contributed by atoms with Gasteiger partial charge in [0.05, 0.1) is 32.1 Å². The van der Waals surface area contributed by atoms with Crippen LogP contribution in [0, 0.1) is 5.92 Å². The van der Waals surface area contributed by atoms with Crippen LogP contribution < -0.4 is 25.8 Å². The minimum Gasteiger partial charge on any atom is -0.493 e. The molecule has 1 aromatic carbocycles. The fourth-order valence-corrected chi connectivity index (χ4v) is 2.89. The second kappa shape index (κ2) is 8.54. The van der Waals surface area contributed by atoms with Crippen molar-refractivity contribution in [2.24, 2.45) is 11.7 Å². The molecular weight excluding hydrogens is 310 g/mol. The first kappa shape index (κ1) is 18.1. The Morgan fingerprint density at radius 2 is 1.58 bits per heavy atom. The van der Waals surface area contributed by atoms with Crippen LogP contribution in [-0.2, 0) is 9.59 Å². The van der Waals surface area contributed by atoms with Crippen molar-refractivity contribution < 1.29 is 19.1 Å².